The third-order valence-electron chi connectivity index (χ3n) is 3.11. The molecule has 8 heteroatoms. The molecule has 1 atom stereocenters. The van der Waals surface area contributed by atoms with Crippen molar-refractivity contribution >= 4 is 27.2 Å². The molecule has 19 heavy (non-hydrogen) atoms. The Hall–Kier alpha value is -1.57. The molecule has 2 heterocycles. The molecule has 1 aromatic rings. The molecule has 0 spiro atoms. The van der Waals surface area contributed by atoms with E-state index >= 15 is 0 Å². The second-order valence-electron chi connectivity index (χ2n) is 4.75. The number of sulfone groups is 1. The molecule has 2 rings (SSSR count). The molecule has 1 aliphatic rings. The highest BCUT2D eigenvalue weighted by atomic mass is 32.2. The summed E-state index contributed by atoms with van der Waals surface area (Å²) in [6.45, 7) is 1.96. The van der Waals surface area contributed by atoms with Crippen LogP contribution in [-0.2, 0) is 28.1 Å². The Bertz CT molecular complexity index is 606. The zero-order chi connectivity index (χ0) is 14.2. The van der Waals surface area contributed by atoms with Crippen LogP contribution in [0.15, 0.2) is 0 Å². The Morgan fingerprint density at radius 1 is 1.42 bits per heavy atom. The first kappa shape index (κ1) is 13.9. The zero-order valence-corrected chi connectivity index (χ0v) is 12.0. The highest BCUT2D eigenvalue weighted by Gasteiger charge is 2.30. The minimum atomic E-state index is -3.08. The van der Waals surface area contributed by atoms with Crippen LogP contribution in [-0.4, -0.2) is 42.2 Å². The van der Waals surface area contributed by atoms with Gasteiger partial charge in [-0.15, -0.1) is 0 Å². The molecule has 7 nitrogen and oxygen atoms in total. The van der Waals surface area contributed by atoms with Gasteiger partial charge in [-0.3, -0.25) is 9.48 Å². The Balaban J connectivity index is 2.20. The highest BCUT2D eigenvalue weighted by Crippen LogP contribution is 2.30. The molecule has 0 fully saturated rings. The fourth-order valence-electron chi connectivity index (χ4n) is 2.10. The van der Waals surface area contributed by atoms with Gasteiger partial charge >= 0.3 is 0 Å². The summed E-state index contributed by atoms with van der Waals surface area (Å²) in [7, 11) is -1.29. The number of carbonyl (C=O) groups is 1. The molecular weight excluding hydrogens is 268 g/mol. The van der Waals surface area contributed by atoms with E-state index in [1.54, 1.807) is 11.7 Å². The summed E-state index contributed by atoms with van der Waals surface area (Å²) in [5.41, 5.74) is 1.52. The van der Waals surface area contributed by atoms with Gasteiger partial charge in [0.15, 0.2) is 0 Å². The number of hydrogen-bond acceptors (Lipinski definition) is 5. The van der Waals surface area contributed by atoms with E-state index in [0.29, 0.717) is 5.69 Å². The van der Waals surface area contributed by atoms with Gasteiger partial charge in [-0.05, 0) is 12.8 Å². The maximum absolute atomic E-state index is 11.9. The molecule has 0 radical (unpaired) electrons. The van der Waals surface area contributed by atoms with Crippen molar-refractivity contribution < 1.29 is 13.2 Å². The van der Waals surface area contributed by atoms with E-state index in [9.17, 15) is 13.2 Å². The molecular formula is C11H18N4O3S. The largest absolute Gasteiger partial charge is 0.357 e. The normalized spacial score (nSPS) is 18.7. The zero-order valence-electron chi connectivity index (χ0n) is 11.2. The average molecular weight is 286 g/mol. The molecule has 106 valence electrons. The Labute approximate surface area is 112 Å². The summed E-state index contributed by atoms with van der Waals surface area (Å²) in [5.74, 6) is 0.500. The number of aryl methyl sites for hydroxylation is 2. The van der Waals surface area contributed by atoms with Gasteiger partial charge in [0, 0.05) is 13.3 Å². The van der Waals surface area contributed by atoms with E-state index in [4.69, 9.17) is 0 Å². The summed E-state index contributed by atoms with van der Waals surface area (Å²) in [6, 6.07) is -0.540. The monoisotopic (exact) mass is 286 g/mol. The van der Waals surface area contributed by atoms with Crippen LogP contribution in [0.5, 0.6) is 0 Å². The van der Waals surface area contributed by atoms with Crippen molar-refractivity contribution in [3.05, 3.63) is 5.69 Å². The van der Waals surface area contributed by atoms with Gasteiger partial charge in [0.25, 0.3) is 0 Å². The summed E-state index contributed by atoms with van der Waals surface area (Å²) in [4.78, 5) is 11.9. The van der Waals surface area contributed by atoms with E-state index in [2.05, 4.69) is 15.7 Å². The third kappa shape index (κ3) is 2.89. The number of amides is 1. The van der Waals surface area contributed by atoms with Gasteiger partial charge in [-0.2, -0.15) is 5.10 Å². The minimum absolute atomic E-state index is 0.0219. The Kier molecular flexibility index (Phi) is 3.53. The average Bonchev–Trinajstić information content (AvgIpc) is 2.61. The number of nitrogens with zero attached hydrogens (tertiary/aromatic N) is 2. The van der Waals surface area contributed by atoms with Crippen molar-refractivity contribution in [1.82, 2.24) is 9.78 Å². The lowest BCUT2D eigenvalue weighted by Gasteiger charge is -2.25. The summed E-state index contributed by atoms with van der Waals surface area (Å²) in [5, 5.41) is 10.2. The summed E-state index contributed by atoms with van der Waals surface area (Å²) >= 11 is 0. The van der Waals surface area contributed by atoms with Gasteiger partial charge in [0.2, 0.25) is 5.91 Å². The first-order valence-corrected chi connectivity index (χ1v) is 8.19. The molecule has 1 amide bonds. The van der Waals surface area contributed by atoms with E-state index in [1.165, 1.54) is 6.26 Å². The number of rotatable bonds is 4. The van der Waals surface area contributed by atoms with Gasteiger partial charge in [-0.25, -0.2) is 8.42 Å². The van der Waals surface area contributed by atoms with Crippen molar-refractivity contribution in [3.63, 3.8) is 0 Å². The molecule has 0 saturated carbocycles. The fraction of sp³-hybridized carbons (Fsp3) is 0.636. The Morgan fingerprint density at radius 2 is 2.11 bits per heavy atom. The van der Waals surface area contributed by atoms with E-state index in [0.717, 1.165) is 17.9 Å². The predicted octanol–water partition coefficient (Wildman–Crippen LogP) is 0.150. The first-order chi connectivity index (χ1) is 8.81. The quantitative estimate of drug-likeness (QED) is 0.822. The Morgan fingerprint density at radius 3 is 2.68 bits per heavy atom. The molecule has 2 N–H and O–H groups in total. The number of carbonyl (C=O) groups excluding carboxylic acids is 1. The number of fused-ring (bicyclic) bond motifs is 1. The molecule has 0 saturated heterocycles. The van der Waals surface area contributed by atoms with Crippen molar-refractivity contribution in [2.24, 2.45) is 7.05 Å². The van der Waals surface area contributed by atoms with Crippen LogP contribution in [0, 0.1) is 0 Å². The molecule has 1 aromatic heterocycles. The summed E-state index contributed by atoms with van der Waals surface area (Å²) < 4.78 is 24.0. The maximum Gasteiger partial charge on any atom is 0.247 e. The van der Waals surface area contributed by atoms with Crippen LogP contribution < -0.4 is 10.6 Å². The fourth-order valence-corrected chi connectivity index (χ4v) is 2.76. The van der Waals surface area contributed by atoms with E-state index in [1.807, 2.05) is 6.92 Å². The lowest BCUT2D eigenvalue weighted by molar-refractivity contribution is -0.117. The third-order valence-corrected chi connectivity index (χ3v) is 4.08. The molecule has 0 aromatic carbocycles. The van der Waals surface area contributed by atoms with Crippen LogP contribution in [0.4, 0.5) is 11.5 Å². The topological polar surface area (TPSA) is 93.1 Å². The molecule has 0 aliphatic carbocycles. The van der Waals surface area contributed by atoms with Crippen molar-refractivity contribution in [3.8, 4) is 0 Å². The maximum atomic E-state index is 11.9. The summed E-state index contributed by atoms with van der Waals surface area (Å²) in [6.07, 6.45) is 2.13. The van der Waals surface area contributed by atoms with Crippen molar-refractivity contribution in [2.75, 3.05) is 22.6 Å². The van der Waals surface area contributed by atoms with Crippen LogP contribution >= 0.6 is 0 Å². The SMILES string of the molecule is CCc1nn(C)c2c1NC(=O)C(CCS(C)(=O)=O)N2. The predicted molar refractivity (Wildman–Crippen MR) is 73.0 cm³/mol. The standard InChI is InChI=1S/C11H18N4O3S/c1-4-7-9-10(15(2)14-7)12-8(11(16)13-9)5-6-19(3,17)18/h8,12H,4-6H2,1-3H3,(H,13,16). The number of nitrogens with one attached hydrogen (secondary N) is 2. The second-order valence-corrected chi connectivity index (χ2v) is 7.01. The molecule has 1 aliphatic heterocycles. The minimum Gasteiger partial charge on any atom is -0.357 e. The van der Waals surface area contributed by atoms with Gasteiger partial charge in [0.05, 0.1) is 11.4 Å². The number of anilines is 2. The second kappa shape index (κ2) is 4.84. The van der Waals surface area contributed by atoms with E-state index < -0.39 is 15.9 Å². The van der Waals surface area contributed by atoms with E-state index in [-0.39, 0.29) is 18.1 Å². The van der Waals surface area contributed by atoms with Crippen LogP contribution in [0.2, 0.25) is 0 Å². The van der Waals surface area contributed by atoms with Gasteiger partial charge in [-0.1, -0.05) is 6.92 Å². The number of hydrogen-bond donors (Lipinski definition) is 2. The lowest BCUT2D eigenvalue weighted by Crippen LogP contribution is -2.40. The smallest absolute Gasteiger partial charge is 0.247 e. The number of aromatic nitrogens is 2. The van der Waals surface area contributed by atoms with Crippen molar-refractivity contribution in [2.45, 2.75) is 25.8 Å². The van der Waals surface area contributed by atoms with Crippen LogP contribution in [0.3, 0.4) is 0 Å². The lowest BCUT2D eigenvalue weighted by atomic mass is 10.1. The highest BCUT2D eigenvalue weighted by molar-refractivity contribution is 7.90. The van der Waals surface area contributed by atoms with Gasteiger partial charge < -0.3 is 10.6 Å². The molecule has 1 unspecified atom stereocenters. The van der Waals surface area contributed by atoms with Crippen molar-refractivity contribution in [1.29, 1.82) is 0 Å². The van der Waals surface area contributed by atoms with Gasteiger partial charge in [0.1, 0.15) is 27.4 Å². The molecule has 0 bridgehead atoms. The first-order valence-electron chi connectivity index (χ1n) is 6.13. The van der Waals surface area contributed by atoms with Crippen LogP contribution in [0.1, 0.15) is 19.0 Å². The van der Waals surface area contributed by atoms with Crippen LogP contribution in [0.25, 0.3) is 0 Å².